The third-order valence-corrected chi connectivity index (χ3v) is 2.77. The van der Waals surface area contributed by atoms with E-state index in [1.54, 1.807) is 23.1 Å². The molecule has 0 radical (unpaired) electrons. The first kappa shape index (κ1) is 12.4. The third-order valence-electron chi connectivity index (χ3n) is 2.77. The maximum Gasteiger partial charge on any atom is 0.260 e. The molecule has 0 aliphatic heterocycles. The Morgan fingerprint density at radius 2 is 2.28 bits per heavy atom. The van der Waals surface area contributed by atoms with Crippen molar-refractivity contribution in [3.8, 4) is 0 Å². The summed E-state index contributed by atoms with van der Waals surface area (Å²) in [6, 6.07) is 5.03. The van der Waals surface area contributed by atoms with Crippen LogP contribution in [0.15, 0.2) is 23.0 Å². The molecule has 0 fully saturated rings. The molecule has 0 unspecified atom stereocenters. The molecule has 18 heavy (non-hydrogen) atoms. The molecule has 0 saturated heterocycles. The second-order valence-corrected chi connectivity index (χ2v) is 3.97. The van der Waals surface area contributed by atoms with E-state index in [1.807, 2.05) is 6.92 Å². The van der Waals surface area contributed by atoms with Crippen molar-refractivity contribution in [2.24, 2.45) is 0 Å². The Bertz CT molecular complexity index is 609. The Labute approximate surface area is 104 Å². The highest BCUT2D eigenvalue weighted by Gasteiger charge is 2.09. The molecule has 0 atom stereocenters. The molecule has 0 spiro atoms. The number of aromatic nitrogens is 2. The first-order valence-corrected chi connectivity index (χ1v) is 5.81. The van der Waals surface area contributed by atoms with Crippen LogP contribution in [0.4, 0.5) is 11.6 Å². The molecule has 2 rings (SSSR count). The quantitative estimate of drug-likeness (QED) is 0.677. The lowest BCUT2D eigenvalue weighted by Gasteiger charge is -2.20. The Balaban J connectivity index is 2.55. The van der Waals surface area contributed by atoms with Crippen LogP contribution in [0.3, 0.4) is 0 Å². The van der Waals surface area contributed by atoms with Crippen LogP contribution >= 0.6 is 0 Å². The van der Waals surface area contributed by atoms with Crippen molar-refractivity contribution in [1.29, 1.82) is 0 Å². The van der Waals surface area contributed by atoms with Gasteiger partial charge in [0.05, 0.1) is 17.5 Å². The smallest absolute Gasteiger partial charge is 0.260 e. The summed E-state index contributed by atoms with van der Waals surface area (Å²) < 4.78 is 0. The zero-order valence-electron chi connectivity index (χ0n) is 10.2. The van der Waals surface area contributed by atoms with Gasteiger partial charge in [-0.15, -0.1) is 0 Å². The van der Waals surface area contributed by atoms with E-state index >= 15 is 0 Å². The van der Waals surface area contributed by atoms with Crippen LogP contribution in [0.2, 0.25) is 0 Å². The minimum atomic E-state index is -0.223. The molecule has 0 amide bonds. The van der Waals surface area contributed by atoms with Crippen molar-refractivity contribution in [3.05, 3.63) is 28.6 Å². The van der Waals surface area contributed by atoms with E-state index in [2.05, 4.69) is 9.97 Å². The van der Waals surface area contributed by atoms with Gasteiger partial charge in [-0.3, -0.25) is 9.78 Å². The molecule has 0 aliphatic carbocycles. The predicted octanol–water partition coefficient (Wildman–Crippen LogP) is 0.324. The van der Waals surface area contributed by atoms with E-state index in [1.165, 1.54) is 0 Å². The number of rotatable bonds is 4. The fourth-order valence-electron chi connectivity index (χ4n) is 1.83. The van der Waals surface area contributed by atoms with E-state index in [4.69, 9.17) is 10.8 Å². The van der Waals surface area contributed by atoms with Gasteiger partial charge in [0.25, 0.3) is 5.56 Å². The molecule has 1 aromatic carbocycles. The number of hydrogen-bond acceptors (Lipinski definition) is 5. The Morgan fingerprint density at radius 3 is 2.94 bits per heavy atom. The van der Waals surface area contributed by atoms with Gasteiger partial charge in [0.1, 0.15) is 0 Å². The van der Waals surface area contributed by atoms with Gasteiger partial charge in [-0.2, -0.15) is 0 Å². The lowest BCUT2D eigenvalue weighted by atomic mass is 10.2. The Morgan fingerprint density at radius 1 is 1.50 bits per heavy atom. The molecule has 4 N–H and O–H groups in total. The van der Waals surface area contributed by atoms with Crippen molar-refractivity contribution in [3.63, 3.8) is 0 Å². The largest absolute Gasteiger partial charge is 0.399 e. The van der Waals surface area contributed by atoms with Crippen molar-refractivity contribution in [2.75, 3.05) is 30.3 Å². The van der Waals surface area contributed by atoms with Crippen LogP contribution < -0.4 is 16.2 Å². The summed E-state index contributed by atoms with van der Waals surface area (Å²) in [5.41, 5.74) is 6.55. The van der Waals surface area contributed by atoms with Gasteiger partial charge in [-0.25, -0.2) is 4.98 Å². The number of nitrogens with one attached hydrogen (secondary N) is 1. The van der Waals surface area contributed by atoms with Gasteiger partial charge in [-0.1, -0.05) is 0 Å². The number of H-pyrrole nitrogens is 1. The number of hydrogen-bond donors (Lipinski definition) is 3. The number of aliphatic hydroxyl groups excluding tert-OH is 1. The number of aliphatic hydroxyl groups is 1. The Hall–Kier alpha value is -2.08. The lowest BCUT2D eigenvalue weighted by Crippen LogP contribution is -2.30. The van der Waals surface area contributed by atoms with Crippen molar-refractivity contribution in [2.45, 2.75) is 6.92 Å². The fraction of sp³-hybridized carbons (Fsp3) is 0.333. The first-order valence-electron chi connectivity index (χ1n) is 5.81. The molecule has 6 nitrogen and oxygen atoms in total. The van der Waals surface area contributed by atoms with E-state index in [0.29, 0.717) is 35.6 Å². The summed E-state index contributed by atoms with van der Waals surface area (Å²) in [5, 5.41) is 9.44. The van der Waals surface area contributed by atoms with Gasteiger partial charge >= 0.3 is 0 Å². The number of benzene rings is 1. The van der Waals surface area contributed by atoms with Gasteiger partial charge in [0.2, 0.25) is 5.95 Å². The highest BCUT2D eigenvalue weighted by Crippen LogP contribution is 2.14. The van der Waals surface area contributed by atoms with Crippen LogP contribution in [-0.4, -0.2) is 34.8 Å². The zero-order chi connectivity index (χ0) is 13.1. The monoisotopic (exact) mass is 248 g/mol. The average Bonchev–Trinajstić information content (AvgIpc) is 2.36. The molecule has 0 bridgehead atoms. The topological polar surface area (TPSA) is 95.2 Å². The number of nitrogen functional groups attached to an aromatic ring is 1. The number of likely N-dealkylation sites (N-methyl/N-ethyl adjacent to an activating group) is 1. The standard InChI is InChI=1S/C12H16N4O2/c1-2-16(5-6-17)12-14-10-4-3-8(13)7-9(10)11(18)15-12/h3-4,7,17H,2,5-6,13H2,1H3,(H,14,15,18). The fourth-order valence-corrected chi connectivity index (χ4v) is 1.83. The van der Waals surface area contributed by atoms with E-state index in [0.717, 1.165) is 0 Å². The molecule has 0 aliphatic rings. The van der Waals surface area contributed by atoms with Crippen molar-refractivity contribution < 1.29 is 5.11 Å². The van der Waals surface area contributed by atoms with Crippen LogP contribution in [0, 0.1) is 0 Å². The molecule has 6 heteroatoms. The maximum absolute atomic E-state index is 11.9. The predicted molar refractivity (Wildman–Crippen MR) is 71.7 cm³/mol. The number of nitrogens with two attached hydrogens (primary N) is 1. The SMILES string of the molecule is CCN(CCO)c1nc2ccc(N)cc2c(=O)[nH]1. The molecular weight excluding hydrogens is 232 g/mol. The minimum absolute atomic E-state index is 0.0112. The summed E-state index contributed by atoms with van der Waals surface area (Å²) in [6.45, 7) is 3.03. The summed E-state index contributed by atoms with van der Waals surface area (Å²) in [4.78, 5) is 20.8. The summed E-state index contributed by atoms with van der Waals surface area (Å²) in [7, 11) is 0. The molecule has 1 aromatic heterocycles. The number of fused-ring (bicyclic) bond motifs is 1. The normalized spacial score (nSPS) is 10.8. The molecule has 0 saturated carbocycles. The van der Waals surface area contributed by atoms with Crippen molar-refractivity contribution >= 4 is 22.5 Å². The number of aromatic amines is 1. The van der Waals surface area contributed by atoms with Gasteiger partial charge in [0.15, 0.2) is 0 Å². The number of anilines is 2. The first-order chi connectivity index (χ1) is 8.65. The highest BCUT2D eigenvalue weighted by molar-refractivity contribution is 5.81. The molecular formula is C12H16N4O2. The molecule has 1 heterocycles. The molecule has 2 aromatic rings. The van der Waals surface area contributed by atoms with Gasteiger partial charge in [0, 0.05) is 18.8 Å². The second-order valence-electron chi connectivity index (χ2n) is 3.97. The third kappa shape index (κ3) is 2.28. The maximum atomic E-state index is 11.9. The van der Waals surface area contributed by atoms with Crippen LogP contribution in [-0.2, 0) is 0 Å². The van der Waals surface area contributed by atoms with Crippen LogP contribution in [0.25, 0.3) is 10.9 Å². The van der Waals surface area contributed by atoms with Gasteiger partial charge in [-0.05, 0) is 25.1 Å². The van der Waals surface area contributed by atoms with E-state index in [-0.39, 0.29) is 12.2 Å². The van der Waals surface area contributed by atoms with Crippen LogP contribution in [0.1, 0.15) is 6.92 Å². The second kappa shape index (κ2) is 5.05. The summed E-state index contributed by atoms with van der Waals surface area (Å²) >= 11 is 0. The number of nitrogens with zero attached hydrogens (tertiary/aromatic N) is 2. The summed E-state index contributed by atoms with van der Waals surface area (Å²) in [6.07, 6.45) is 0. The highest BCUT2D eigenvalue weighted by atomic mass is 16.3. The minimum Gasteiger partial charge on any atom is -0.399 e. The Kier molecular flexibility index (Phi) is 3.47. The average molecular weight is 248 g/mol. The van der Waals surface area contributed by atoms with Crippen molar-refractivity contribution in [1.82, 2.24) is 9.97 Å². The van der Waals surface area contributed by atoms with Gasteiger partial charge < -0.3 is 15.7 Å². The molecule has 96 valence electrons. The van der Waals surface area contributed by atoms with Crippen LogP contribution in [0.5, 0.6) is 0 Å². The van der Waals surface area contributed by atoms with E-state index < -0.39 is 0 Å². The lowest BCUT2D eigenvalue weighted by molar-refractivity contribution is 0.301. The summed E-state index contributed by atoms with van der Waals surface area (Å²) in [5.74, 6) is 0.467. The zero-order valence-corrected chi connectivity index (χ0v) is 10.2. The van der Waals surface area contributed by atoms with E-state index in [9.17, 15) is 4.79 Å².